The largest absolute Gasteiger partial charge is 0.306 e. The van der Waals surface area contributed by atoms with E-state index in [1.165, 1.54) is 51.6 Å². The highest BCUT2D eigenvalue weighted by Crippen LogP contribution is 2.38. The third kappa shape index (κ3) is 3.88. The van der Waals surface area contributed by atoms with Crippen LogP contribution in [0.15, 0.2) is 17.5 Å². The molecule has 1 aromatic heterocycles. The second-order valence-corrected chi connectivity index (χ2v) is 8.14. The number of likely N-dealkylation sites (tertiary alicyclic amines) is 1. The molecule has 0 amide bonds. The lowest BCUT2D eigenvalue weighted by molar-refractivity contribution is 0.166. The van der Waals surface area contributed by atoms with E-state index in [0.29, 0.717) is 12.1 Å². The molecule has 2 aliphatic rings. The summed E-state index contributed by atoms with van der Waals surface area (Å²) in [6.45, 7) is 4.95. The van der Waals surface area contributed by atoms with Crippen LogP contribution < -0.4 is 5.32 Å². The zero-order valence-electron chi connectivity index (χ0n) is 13.6. The van der Waals surface area contributed by atoms with Gasteiger partial charge in [-0.3, -0.25) is 0 Å². The summed E-state index contributed by atoms with van der Waals surface area (Å²) in [5.41, 5.74) is 0. The highest BCUT2D eigenvalue weighted by molar-refractivity contribution is 7.10. The van der Waals surface area contributed by atoms with Gasteiger partial charge in [-0.15, -0.1) is 11.3 Å². The molecule has 0 radical (unpaired) electrons. The number of nitrogens with zero attached hydrogens (tertiary/aromatic N) is 1. The molecule has 2 nitrogen and oxygen atoms in total. The molecule has 3 atom stereocenters. The molecule has 1 N–H and O–H groups in total. The molecule has 1 aromatic rings. The minimum Gasteiger partial charge on any atom is -0.306 e. The van der Waals surface area contributed by atoms with Crippen molar-refractivity contribution in [2.45, 2.75) is 57.5 Å². The van der Waals surface area contributed by atoms with Gasteiger partial charge in [0.25, 0.3) is 0 Å². The molecular weight excluding hydrogens is 276 g/mol. The van der Waals surface area contributed by atoms with Gasteiger partial charge >= 0.3 is 0 Å². The average Bonchev–Trinajstić information content (AvgIpc) is 3.18. The Morgan fingerprint density at radius 2 is 1.95 bits per heavy atom. The average molecular weight is 307 g/mol. The van der Waals surface area contributed by atoms with Crippen molar-refractivity contribution < 1.29 is 0 Å². The number of rotatable bonds is 5. The molecule has 1 saturated carbocycles. The van der Waals surface area contributed by atoms with E-state index in [0.717, 1.165) is 11.8 Å². The van der Waals surface area contributed by atoms with E-state index in [2.05, 4.69) is 41.7 Å². The summed E-state index contributed by atoms with van der Waals surface area (Å²) in [4.78, 5) is 4.06. The van der Waals surface area contributed by atoms with Gasteiger partial charge in [0.05, 0.1) is 0 Å². The van der Waals surface area contributed by atoms with Crippen molar-refractivity contribution in [1.29, 1.82) is 0 Å². The summed E-state index contributed by atoms with van der Waals surface area (Å²) in [6.07, 6.45) is 8.42. The van der Waals surface area contributed by atoms with E-state index in [4.69, 9.17) is 0 Å². The third-order valence-electron chi connectivity index (χ3n) is 5.53. The normalized spacial score (nSPS) is 27.8. The van der Waals surface area contributed by atoms with E-state index in [1.807, 2.05) is 11.3 Å². The number of hydrogen-bond donors (Lipinski definition) is 1. The molecule has 1 aliphatic heterocycles. The summed E-state index contributed by atoms with van der Waals surface area (Å²) in [6, 6.07) is 5.76. The van der Waals surface area contributed by atoms with Crippen LogP contribution >= 0.6 is 11.3 Å². The van der Waals surface area contributed by atoms with Gasteiger partial charge in [0.2, 0.25) is 0 Å². The first-order valence-corrected chi connectivity index (χ1v) is 9.60. The van der Waals surface area contributed by atoms with Crippen molar-refractivity contribution in [3.05, 3.63) is 22.4 Å². The van der Waals surface area contributed by atoms with E-state index in [9.17, 15) is 0 Å². The van der Waals surface area contributed by atoms with Crippen molar-refractivity contribution in [2.75, 3.05) is 20.1 Å². The highest BCUT2D eigenvalue weighted by atomic mass is 32.1. The monoisotopic (exact) mass is 306 g/mol. The molecule has 3 heteroatoms. The molecule has 1 aliphatic carbocycles. The summed E-state index contributed by atoms with van der Waals surface area (Å²) >= 11 is 1.93. The standard InChI is InChI=1S/C18H30N2S/c1-14(16-9-5-11-20(2)13-16)19-18(15-7-3-4-8-15)17-10-6-12-21-17/h6,10,12,14-16,18-19H,3-5,7-9,11,13H2,1-2H3. The molecule has 0 bridgehead atoms. The highest BCUT2D eigenvalue weighted by Gasteiger charge is 2.31. The molecule has 2 heterocycles. The predicted octanol–water partition coefficient (Wildman–Crippen LogP) is 4.30. The second kappa shape index (κ2) is 7.26. The van der Waals surface area contributed by atoms with Crippen LogP contribution in [0.4, 0.5) is 0 Å². The Balaban J connectivity index is 1.66. The molecule has 0 spiro atoms. The Morgan fingerprint density at radius 3 is 2.62 bits per heavy atom. The van der Waals surface area contributed by atoms with Gasteiger partial charge < -0.3 is 10.2 Å². The van der Waals surface area contributed by atoms with E-state index in [1.54, 1.807) is 4.88 Å². The van der Waals surface area contributed by atoms with Gasteiger partial charge in [-0.05, 0) is 69.5 Å². The van der Waals surface area contributed by atoms with Gasteiger partial charge in [-0.1, -0.05) is 18.9 Å². The first-order chi connectivity index (χ1) is 10.2. The van der Waals surface area contributed by atoms with Crippen molar-refractivity contribution >= 4 is 11.3 Å². The van der Waals surface area contributed by atoms with Crippen LogP contribution in [0.25, 0.3) is 0 Å². The van der Waals surface area contributed by atoms with Crippen LogP contribution in [-0.4, -0.2) is 31.1 Å². The molecule has 3 rings (SSSR count). The van der Waals surface area contributed by atoms with E-state index >= 15 is 0 Å². The van der Waals surface area contributed by atoms with Gasteiger partial charge in [-0.25, -0.2) is 0 Å². The molecular formula is C18H30N2S. The summed E-state index contributed by atoms with van der Waals surface area (Å²) < 4.78 is 0. The Kier molecular flexibility index (Phi) is 5.36. The van der Waals surface area contributed by atoms with Crippen molar-refractivity contribution in [3.8, 4) is 0 Å². The lowest BCUT2D eigenvalue weighted by Gasteiger charge is -2.37. The maximum absolute atomic E-state index is 4.04. The molecule has 3 unspecified atom stereocenters. The Hall–Kier alpha value is -0.380. The van der Waals surface area contributed by atoms with Crippen LogP contribution in [0.1, 0.15) is 56.4 Å². The molecule has 2 fully saturated rings. The number of nitrogens with one attached hydrogen (secondary N) is 1. The first kappa shape index (κ1) is 15.5. The number of hydrogen-bond acceptors (Lipinski definition) is 3. The topological polar surface area (TPSA) is 15.3 Å². The van der Waals surface area contributed by atoms with Gasteiger partial charge in [-0.2, -0.15) is 0 Å². The van der Waals surface area contributed by atoms with Crippen LogP contribution in [0.2, 0.25) is 0 Å². The van der Waals surface area contributed by atoms with E-state index < -0.39 is 0 Å². The van der Waals surface area contributed by atoms with Crippen molar-refractivity contribution in [2.24, 2.45) is 11.8 Å². The summed E-state index contributed by atoms with van der Waals surface area (Å²) in [5, 5.41) is 6.27. The first-order valence-electron chi connectivity index (χ1n) is 8.72. The second-order valence-electron chi connectivity index (χ2n) is 7.16. The van der Waals surface area contributed by atoms with Crippen LogP contribution in [0.5, 0.6) is 0 Å². The minimum absolute atomic E-state index is 0.592. The SMILES string of the molecule is CC(NC(c1cccs1)C1CCCC1)C1CCCN(C)C1. The predicted molar refractivity (Wildman–Crippen MR) is 91.8 cm³/mol. The minimum atomic E-state index is 0.592. The van der Waals surface area contributed by atoms with Crippen LogP contribution in [0, 0.1) is 11.8 Å². The smallest absolute Gasteiger partial charge is 0.0445 e. The lowest BCUT2D eigenvalue weighted by atomic mass is 9.89. The fourth-order valence-corrected chi connectivity index (χ4v) is 5.12. The quantitative estimate of drug-likeness (QED) is 0.872. The van der Waals surface area contributed by atoms with Crippen molar-refractivity contribution in [3.63, 3.8) is 0 Å². The zero-order chi connectivity index (χ0) is 14.7. The number of piperidine rings is 1. The third-order valence-corrected chi connectivity index (χ3v) is 6.49. The maximum Gasteiger partial charge on any atom is 0.0445 e. The lowest BCUT2D eigenvalue weighted by Crippen LogP contribution is -2.45. The van der Waals surface area contributed by atoms with Crippen molar-refractivity contribution in [1.82, 2.24) is 10.2 Å². The van der Waals surface area contributed by atoms with Gasteiger partial charge in [0, 0.05) is 23.5 Å². The van der Waals surface area contributed by atoms with Gasteiger partial charge in [0.1, 0.15) is 0 Å². The maximum atomic E-state index is 4.04. The summed E-state index contributed by atoms with van der Waals surface area (Å²) in [7, 11) is 2.27. The Morgan fingerprint density at radius 1 is 1.19 bits per heavy atom. The van der Waals surface area contributed by atoms with E-state index in [-0.39, 0.29) is 0 Å². The molecule has 0 aromatic carbocycles. The van der Waals surface area contributed by atoms with Crippen LogP contribution in [0.3, 0.4) is 0 Å². The molecule has 21 heavy (non-hydrogen) atoms. The summed E-state index contributed by atoms with van der Waals surface area (Å²) in [5.74, 6) is 1.67. The molecule has 1 saturated heterocycles. The Bertz CT molecular complexity index is 411. The van der Waals surface area contributed by atoms with Gasteiger partial charge in [0.15, 0.2) is 0 Å². The van der Waals surface area contributed by atoms with Crippen LogP contribution in [-0.2, 0) is 0 Å². The number of thiophene rings is 1. The Labute approximate surface area is 133 Å². The zero-order valence-corrected chi connectivity index (χ0v) is 14.4. The fraction of sp³-hybridized carbons (Fsp3) is 0.778. The fourth-order valence-electron chi connectivity index (χ4n) is 4.24. The molecule has 118 valence electrons.